The summed E-state index contributed by atoms with van der Waals surface area (Å²) in [6, 6.07) is 7.57. The lowest BCUT2D eigenvalue weighted by atomic mass is 10.2. The molecular formula is C15H20N4O2. The molecule has 0 bridgehead atoms. The van der Waals surface area contributed by atoms with E-state index in [0.717, 1.165) is 16.9 Å². The fourth-order valence-electron chi connectivity index (χ4n) is 1.85. The van der Waals surface area contributed by atoms with E-state index in [2.05, 4.69) is 15.7 Å². The molecular weight excluding hydrogens is 268 g/mol. The van der Waals surface area contributed by atoms with Crippen molar-refractivity contribution in [2.45, 2.75) is 26.4 Å². The summed E-state index contributed by atoms with van der Waals surface area (Å²) in [7, 11) is 0. The number of nitrogens with zero attached hydrogens (tertiary/aromatic N) is 2. The second-order valence-electron chi connectivity index (χ2n) is 4.67. The highest BCUT2D eigenvalue weighted by Crippen LogP contribution is 2.14. The van der Waals surface area contributed by atoms with Gasteiger partial charge >= 0.3 is 0 Å². The van der Waals surface area contributed by atoms with E-state index in [1.165, 1.54) is 0 Å². The number of anilines is 2. The van der Waals surface area contributed by atoms with Gasteiger partial charge in [-0.1, -0.05) is 6.92 Å². The van der Waals surface area contributed by atoms with E-state index < -0.39 is 0 Å². The van der Waals surface area contributed by atoms with Crippen molar-refractivity contribution >= 4 is 17.3 Å². The number of aromatic nitrogens is 2. The maximum Gasteiger partial charge on any atom is 0.224 e. The molecule has 0 spiro atoms. The molecule has 2 rings (SSSR count). The number of aliphatic hydroxyl groups excluding tert-OH is 1. The van der Waals surface area contributed by atoms with E-state index in [0.29, 0.717) is 19.5 Å². The lowest BCUT2D eigenvalue weighted by Gasteiger charge is -2.07. The fourth-order valence-corrected chi connectivity index (χ4v) is 1.85. The van der Waals surface area contributed by atoms with Gasteiger partial charge in [0.1, 0.15) is 0 Å². The van der Waals surface area contributed by atoms with E-state index >= 15 is 0 Å². The van der Waals surface area contributed by atoms with Gasteiger partial charge in [-0.2, -0.15) is 5.10 Å². The number of hydrogen-bond acceptors (Lipinski definition) is 4. The zero-order valence-electron chi connectivity index (χ0n) is 12.0. The summed E-state index contributed by atoms with van der Waals surface area (Å²) in [6.45, 7) is 3.07. The second kappa shape index (κ2) is 7.44. The van der Waals surface area contributed by atoms with Crippen LogP contribution in [0.1, 0.15) is 18.9 Å². The summed E-state index contributed by atoms with van der Waals surface area (Å²) in [5.74, 6) is 0.00649. The van der Waals surface area contributed by atoms with Crippen molar-refractivity contribution in [1.82, 2.24) is 9.78 Å². The van der Waals surface area contributed by atoms with Crippen molar-refractivity contribution in [2.75, 3.05) is 17.2 Å². The van der Waals surface area contributed by atoms with Gasteiger partial charge in [-0.3, -0.25) is 9.48 Å². The molecule has 1 amide bonds. The Bertz CT molecular complexity index is 578. The molecule has 0 aliphatic rings. The molecule has 1 aromatic heterocycles. The Balaban J connectivity index is 1.86. The molecule has 0 aliphatic carbocycles. The van der Waals surface area contributed by atoms with Gasteiger partial charge in [-0.05, 0) is 24.3 Å². The SMILES string of the molecule is CCC(=O)Nc1ccc(NCc2cnn(CCO)c2)cc1. The summed E-state index contributed by atoms with van der Waals surface area (Å²) >= 11 is 0. The first-order chi connectivity index (χ1) is 10.2. The van der Waals surface area contributed by atoms with Gasteiger partial charge in [-0.15, -0.1) is 0 Å². The summed E-state index contributed by atoms with van der Waals surface area (Å²) < 4.78 is 1.71. The molecule has 0 unspecified atom stereocenters. The van der Waals surface area contributed by atoms with Crippen molar-refractivity contribution in [2.24, 2.45) is 0 Å². The molecule has 0 aliphatic heterocycles. The Hall–Kier alpha value is -2.34. The predicted molar refractivity (Wildman–Crippen MR) is 82.0 cm³/mol. The highest BCUT2D eigenvalue weighted by atomic mass is 16.3. The number of aliphatic hydroxyl groups is 1. The number of nitrogens with one attached hydrogen (secondary N) is 2. The number of rotatable bonds is 7. The lowest BCUT2D eigenvalue weighted by molar-refractivity contribution is -0.115. The number of carbonyl (C=O) groups excluding carboxylic acids is 1. The molecule has 1 heterocycles. The number of carbonyl (C=O) groups is 1. The summed E-state index contributed by atoms with van der Waals surface area (Å²) in [5, 5.41) is 19.1. The van der Waals surface area contributed by atoms with Gasteiger partial charge in [0.15, 0.2) is 0 Å². The standard InChI is InChI=1S/C15H20N4O2/c1-2-15(21)18-14-5-3-13(4-6-14)16-9-12-10-17-19(11-12)7-8-20/h3-6,10-11,16,20H,2,7-9H2,1H3,(H,18,21). The molecule has 3 N–H and O–H groups in total. The van der Waals surface area contributed by atoms with Crippen LogP contribution in [0.3, 0.4) is 0 Å². The third-order valence-electron chi connectivity index (χ3n) is 3.00. The minimum atomic E-state index is 0.00649. The van der Waals surface area contributed by atoms with Gasteiger partial charge < -0.3 is 15.7 Å². The van der Waals surface area contributed by atoms with Gasteiger partial charge in [-0.25, -0.2) is 0 Å². The van der Waals surface area contributed by atoms with Crippen LogP contribution in [0.15, 0.2) is 36.7 Å². The Labute approximate surface area is 123 Å². The van der Waals surface area contributed by atoms with E-state index in [9.17, 15) is 4.79 Å². The monoisotopic (exact) mass is 288 g/mol. The van der Waals surface area contributed by atoms with Gasteiger partial charge in [0.05, 0.1) is 19.3 Å². The minimum Gasteiger partial charge on any atom is -0.394 e. The van der Waals surface area contributed by atoms with E-state index in [-0.39, 0.29) is 12.5 Å². The van der Waals surface area contributed by atoms with Crippen molar-refractivity contribution < 1.29 is 9.90 Å². The van der Waals surface area contributed by atoms with E-state index in [4.69, 9.17) is 5.11 Å². The van der Waals surface area contributed by atoms with Crippen LogP contribution in [0, 0.1) is 0 Å². The summed E-state index contributed by atoms with van der Waals surface area (Å²) in [6.07, 6.45) is 4.15. The highest BCUT2D eigenvalue weighted by Gasteiger charge is 2.00. The smallest absolute Gasteiger partial charge is 0.224 e. The molecule has 0 fully saturated rings. The number of amides is 1. The lowest BCUT2D eigenvalue weighted by Crippen LogP contribution is -2.09. The van der Waals surface area contributed by atoms with Crippen LogP contribution in [0.2, 0.25) is 0 Å². The van der Waals surface area contributed by atoms with Crippen molar-refractivity contribution in [3.8, 4) is 0 Å². The average molecular weight is 288 g/mol. The first kappa shape index (κ1) is 15.1. The Morgan fingerprint density at radius 1 is 1.29 bits per heavy atom. The Kier molecular flexibility index (Phi) is 5.34. The maximum atomic E-state index is 11.3. The molecule has 6 nitrogen and oxygen atoms in total. The molecule has 0 saturated heterocycles. The maximum absolute atomic E-state index is 11.3. The largest absolute Gasteiger partial charge is 0.394 e. The predicted octanol–water partition coefficient (Wildman–Crippen LogP) is 1.84. The summed E-state index contributed by atoms with van der Waals surface area (Å²) in [4.78, 5) is 11.3. The zero-order valence-corrected chi connectivity index (χ0v) is 12.0. The minimum absolute atomic E-state index is 0.00649. The second-order valence-corrected chi connectivity index (χ2v) is 4.67. The third kappa shape index (κ3) is 4.61. The Morgan fingerprint density at radius 2 is 2.00 bits per heavy atom. The third-order valence-corrected chi connectivity index (χ3v) is 3.00. The van der Waals surface area contributed by atoms with Crippen molar-refractivity contribution in [3.63, 3.8) is 0 Å². The van der Waals surface area contributed by atoms with Crippen LogP contribution in [0.5, 0.6) is 0 Å². The van der Waals surface area contributed by atoms with Crippen molar-refractivity contribution in [3.05, 3.63) is 42.2 Å². The van der Waals surface area contributed by atoms with Crippen LogP contribution < -0.4 is 10.6 Å². The van der Waals surface area contributed by atoms with Crippen LogP contribution in [0.25, 0.3) is 0 Å². The van der Waals surface area contributed by atoms with Crippen LogP contribution in [0.4, 0.5) is 11.4 Å². The van der Waals surface area contributed by atoms with E-state index in [1.807, 2.05) is 37.4 Å². The van der Waals surface area contributed by atoms with E-state index in [1.54, 1.807) is 10.9 Å². The fraction of sp³-hybridized carbons (Fsp3) is 0.333. The number of hydrogen-bond donors (Lipinski definition) is 3. The summed E-state index contributed by atoms with van der Waals surface area (Å²) in [5.41, 5.74) is 2.81. The normalized spacial score (nSPS) is 10.4. The molecule has 2 aromatic rings. The molecule has 0 saturated carbocycles. The molecule has 21 heavy (non-hydrogen) atoms. The van der Waals surface area contributed by atoms with Crippen molar-refractivity contribution in [1.29, 1.82) is 0 Å². The zero-order chi connectivity index (χ0) is 15.1. The van der Waals surface area contributed by atoms with Gasteiger partial charge in [0, 0.05) is 36.1 Å². The highest BCUT2D eigenvalue weighted by molar-refractivity contribution is 5.90. The molecule has 1 aromatic carbocycles. The van der Waals surface area contributed by atoms with Gasteiger partial charge in [0.2, 0.25) is 5.91 Å². The Morgan fingerprint density at radius 3 is 2.67 bits per heavy atom. The van der Waals surface area contributed by atoms with Crippen LogP contribution in [-0.4, -0.2) is 27.4 Å². The molecule has 0 atom stereocenters. The average Bonchev–Trinajstić information content (AvgIpc) is 2.94. The first-order valence-electron chi connectivity index (χ1n) is 6.97. The van der Waals surface area contributed by atoms with Crippen LogP contribution >= 0.6 is 0 Å². The number of benzene rings is 1. The molecule has 6 heteroatoms. The first-order valence-corrected chi connectivity index (χ1v) is 6.97. The molecule has 112 valence electrons. The van der Waals surface area contributed by atoms with Crippen LogP contribution in [-0.2, 0) is 17.9 Å². The quantitative estimate of drug-likeness (QED) is 0.726. The molecule has 0 radical (unpaired) electrons. The van der Waals surface area contributed by atoms with Gasteiger partial charge in [0.25, 0.3) is 0 Å². The topological polar surface area (TPSA) is 79.2 Å².